The zero-order valence-corrected chi connectivity index (χ0v) is 19.2. The molecule has 0 fully saturated rings. The Morgan fingerprint density at radius 2 is 1.75 bits per heavy atom. The maximum atomic E-state index is 12.1. The summed E-state index contributed by atoms with van der Waals surface area (Å²) in [7, 11) is 0. The third-order valence-corrected chi connectivity index (χ3v) is 5.59. The highest BCUT2D eigenvalue weighted by Crippen LogP contribution is 2.19. The van der Waals surface area contributed by atoms with Crippen LogP contribution in [-0.2, 0) is 11.4 Å². The fourth-order valence-corrected chi connectivity index (χ4v) is 3.62. The van der Waals surface area contributed by atoms with Crippen LogP contribution in [0.3, 0.4) is 0 Å². The summed E-state index contributed by atoms with van der Waals surface area (Å²) in [6.45, 7) is 8.06. The summed E-state index contributed by atoms with van der Waals surface area (Å²) in [6.07, 6.45) is 0. The molecule has 9 nitrogen and oxygen atoms in total. The molecule has 0 aliphatic carbocycles. The minimum Gasteiger partial charge on any atom is -0.486 e. The number of urea groups is 1. The van der Waals surface area contributed by atoms with E-state index in [0.29, 0.717) is 22.4 Å². The summed E-state index contributed by atoms with van der Waals surface area (Å²) in [5.74, 6) is 6.63. The molecule has 1 heterocycles. The van der Waals surface area contributed by atoms with Crippen LogP contribution in [0.15, 0.2) is 41.6 Å². The molecule has 0 spiro atoms. The fraction of sp³-hybridized carbons (Fsp3) is 0.273. The van der Waals surface area contributed by atoms with Gasteiger partial charge in [-0.05, 0) is 74.2 Å². The number of benzene rings is 2. The van der Waals surface area contributed by atoms with E-state index in [1.807, 2.05) is 52.0 Å². The Hall–Kier alpha value is -3.53. The van der Waals surface area contributed by atoms with E-state index in [-0.39, 0.29) is 12.4 Å². The van der Waals surface area contributed by atoms with E-state index in [4.69, 9.17) is 10.6 Å². The lowest BCUT2D eigenvalue weighted by atomic mass is 10.1. The second kappa shape index (κ2) is 10.2. The highest BCUT2D eigenvalue weighted by molar-refractivity contribution is 7.99. The van der Waals surface area contributed by atoms with E-state index in [2.05, 4.69) is 26.9 Å². The van der Waals surface area contributed by atoms with Gasteiger partial charge in [0.1, 0.15) is 12.4 Å². The van der Waals surface area contributed by atoms with Crippen molar-refractivity contribution in [3.05, 3.63) is 64.5 Å². The number of carbonyl (C=O) groups excluding carboxylic acids is 2. The zero-order chi connectivity index (χ0) is 23.3. The van der Waals surface area contributed by atoms with Gasteiger partial charge in [0.15, 0.2) is 5.82 Å². The Balaban J connectivity index is 1.48. The van der Waals surface area contributed by atoms with E-state index in [1.165, 1.54) is 4.68 Å². The van der Waals surface area contributed by atoms with E-state index in [1.54, 1.807) is 6.07 Å². The molecule has 0 atom stereocenters. The SMILES string of the molecule is Cc1cc(C)cc(OCc2nnc(SCC(=O)NC(=O)Nc3ccc(C)c(C)c3)n2N)c1. The number of nitrogens with zero attached hydrogens (tertiary/aromatic N) is 3. The molecule has 4 N–H and O–H groups in total. The van der Waals surface area contributed by atoms with Gasteiger partial charge in [0.2, 0.25) is 11.1 Å². The monoisotopic (exact) mass is 454 g/mol. The van der Waals surface area contributed by atoms with Crippen molar-refractivity contribution in [1.29, 1.82) is 0 Å². The third kappa shape index (κ3) is 6.24. The van der Waals surface area contributed by atoms with Crippen molar-refractivity contribution in [3.8, 4) is 5.75 Å². The number of hydrogen-bond donors (Lipinski definition) is 3. The molecular weight excluding hydrogens is 428 g/mol. The molecule has 2 aromatic carbocycles. The van der Waals surface area contributed by atoms with E-state index in [0.717, 1.165) is 34.0 Å². The number of nitrogens with two attached hydrogens (primary N) is 1. The van der Waals surface area contributed by atoms with Gasteiger partial charge in [-0.1, -0.05) is 23.9 Å². The molecule has 1 aromatic heterocycles. The third-order valence-electron chi connectivity index (χ3n) is 4.65. The number of thioether (sulfide) groups is 1. The van der Waals surface area contributed by atoms with E-state index < -0.39 is 11.9 Å². The second-order valence-corrected chi connectivity index (χ2v) is 8.41. The normalized spacial score (nSPS) is 10.6. The first kappa shape index (κ1) is 23.1. The van der Waals surface area contributed by atoms with Gasteiger partial charge in [-0.25, -0.2) is 9.47 Å². The van der Waals surface area contributed by atoms with Crippen molar-refractivity contribution in [2.24, 2.45) is 0 Å². The van der Waals surface area contributed by atoms with Crippen LogP contribution in [-0.4, -0.2) is 32.6 Å². The van der Waals surface area contributed by atoms with Crippen LogP contribution in [0.2, 0.25) is 0 Å². The molecule has 0 aliphatic rings. The van der Waals surface area contributed by atoms with Crippen molar-refractivity contribution in [3.63, 3.8) is 0 Å². The Labute approximate surface area is 190 Å². The van der Waals surface area contributed by atoms with Crippen LogP contribution in [0.1, 0.15) is 28.1 Å². The molecule has 0 radical (unpaired) electrons. The van der Waals surface area contributed by atoms with E-state index in [9.17, 15) is 9.59 Å². The first-order valence-electron chi connectivity index (χ1n) is 9.92. The molecule has 0 saturated carbocycles. The average Bonchev–Trinajstić information content (AvgIpc) is 3.06. The topological polar surface area (TPSA) is 124 Å². The van der Waals surface area contributed by atoms with Crippen molar-refractivity contribution in [2.45, 2.75) is 39.5 Å². The average molecular weight is 455 g/mol. The summed E-state index contributed by atoms with van der Waals surface area (Å²) in [5.41, 5.74) is 4.97. The molecule has 168 valence electrons. The lowest BCUT2D eigenvalue weighted by Gasteiger charge is -2.09. The maximum absolute atomic E-state index is 12.1. The number of carbonyl (C=O) groups is 2. The number of hydrogen-bond acceptors (Lipinski definition) is 7. The second-order valence-electron chi connectivity index (χ2n) is 7.47. The van der Waals surface area contributed by atoms with Crippen LogP contribution in [0.4, 0.5) is 10.5 Å². The molecule has 0 aliphatic heterocycles. The lowest BCUT2D eigenvalue weighted by molar-refractivity contribution is -0.117. The van der Waals surface area contributed by atoms with Gasteiger partial charge in [-0.2, -0.15) is 0 Å². The van der Waals surface area contributed by atoms with Crippen molar-refractivity contribution >= 4 is 29.4 Å². The number of nitrogens with one attached hydrogen (secondary N) is 2. The van der Waals surface area contributed by atoms with Gasteiger partial charge in [0.25, 0.3) is 0 Å². The van der Waals surface area contributed by atoms with Crippen molar-refractivity contribution in [1.82, 2.24) is 20.2 Å². The summed E-state index contributed by atoms with van der Waals surface area (Å²) < 4.78 is 7.03. The van der Waals surface area contributed by atoms with Crippen LogP contribution in [0.5, 0.6) is 5.75 Å². The summed E-state index contributed by atoms with van der Waals surface area (Å²) >= 11 is 1.07. The molecule has 0 bridgehead atoms. The van der Waals surface area contributed by atoms with Gasteiger partial charge in [-0.15, -0.1) is 10.2 Å². The Morgan fingerprint density at radius 3 is 2.44 bits per heavy atom. The molecule has 0 unspecified atom stereocenters. The van der Waals surface area contributed by atoms with Gasteiger partial charge in [0, 0.05) is 5.69 Å². The predicted octanol–water partition coefficient (Wildman–Crippen LogP) is 3.24. The number of aryl methyl sites for hydroxylation is 4. The number of anilines is 1. The first-order valence-corrected chi connectivity index (χ1v) is 10.9. The van der Waals surface area contributed by atoms with Crippen LogP contribution in [0.25, 0.3) is 0 Å². The number of rotatable bonds is 7. The molecule has 3 aromatic rings. The highest BCUT2D eigenvalue weighted by Gasteiger charge is 2.14. The van der Waals surface area contributed by atoms with Gasteiger partial charge < -0.3 is 15.9 Å². The predicted molar refractivity (Wildman–Crippen MR) is 124 cm³/mol. The fourth-order valence-electron chi connectivity index (χ4n) is 2.94. The minimum absolute atomic E-state index is 0.0480. The summed E-state index contributed by atoms with van der Waals surface area (Å²) in [4.78, 5) is 24.2. The van der Waals surface area contributed by atoms with Gasteiger partial charge in [0.05, 0.1) is 5.75 Å². The molecule has 3 amide bonds. The largest absolute Gasteiger partial charge is 0.486 e. The highest BCUT2D eigenvalue weighted by atomic mass is 32.2. The maximum Gasteiger partial charge on any atom is 0.325 e. The van der Waals surface area contributed by atoms with Crippen LogP contribution in [0, 0.1) is 27.7 Å². The minimum atomic E-state index is -0.601. The van der Waals surface area contributed by atoms with Crippen LogP contribution >= 0.6 is 11.8 Å². The van der Waals surface area contributed by atoms with Gasteiger partial charge in [-0.3, -0.25) is 10.1 Å². The van der Waals surface area contributed by atoms with Gasteiger partial charge >= 0.3 is 6.03 Å². The zero-order valence-electron chi connectivity index (χ0n) is 18.4. The quantitative estimate of drug-likeness (QED) is 0.370. The lowest BCUT2D eigenvalue weighted by Crippen LogP contribution is -2.35. The molecule has 32 heavy (non-hydrogen) atoms. The molecule has 3 rings (SSSR count). The van der Waals surface area contributed by atoms with E-state index >= 15 is 0 Å². The smallest absolute Gasteiger partial charge is 0.325 e. The molecular formula is C22H26N6O3S. The number of imide groups is 1. The first-order chi connectivity index (χ1) is 15.2. The number of amides is 3. The van der Waals surface area contributed by atoms with Crippen LogP contribution < -0.4 is 21.2 Å². The molecule has 0 saturated heterocycles. The Morgan fingerprint density at radius 1 is 1.03 bits per heavy atom. The number of aromatic nitrogens is 3. The van der Waals surface area contributed by atoms with Crippen molar-refractivity contribution < 1.29 is 14.3 Å². The summed E-state index contributed by atoms with van der Waals surface area (Å²) in [6, 6.07) is 10.8. The number of ether oxygens (including phenoxy) is 1. The Bertz CT molecular complexity index is 1120. The Kier molecular flexibility index (Phi) is 7.37. The van der Waals surface area contributed by atoms with Crippen molar-refractivity contribution in [2.75, 3.05) is 16.9 Å². The standard InChI is InChI=1S/C22H26N6O3S/c1-13-7-14(2)9-18(8-13)31-11-19-26-27-22(28(19)23)32-12-20(29)25-21(30)24-17-6-5-15(3)16(4)10-17/h5-10H,11-12,23H2,1-4H3,(H2,24,25,29,30). The summed E-state index contributed by atoms with van der Waals surface area (Å²) in [5, 5.41) is 13.3. The molecule has 10 heteroatoms. The number of nitrogen functional groups attached to an aromatic ring is 1.